The third-order valence-corrected chi connectivity index (χ3v) is 6.00. The number of alkyl halides is 1. The molecule has 2 aromatic heterocycles. The van der Waals surface area contributed by atoms with Crippen LogP contribution in [0.5, 0.6) is 0 Å². The third kappa shape index (κ3) is 3.48. The van der Waals surface area contributed by atoms with Crippen LogP contribution in [0.15, 0.2) is 42.7 Å². The monoisotopic (exact) mass is 394 g/mol. The predicted octanol–water partition coefficient (Wildman–Crippen LogP) is 4.92. The Hall–Kier alpha value is -2.89. The number of carbonyl (C=O) groups excluding carboxylic acids is 1. The molecule has 6 heteroatoms. The van der Waals surface area contributed by atoms with Gasteiger partial charge in [0, 0.05) is 11.8 Å². The van der Waals surface area contributed by atoms with Crippen LogP contribution in [0.25, 0.3) is 16.6 Å². The molecule has 0 radical (unpaired) electrons. The predicted molar refractivity (Wildman–Crippen MR) is 114 cm³/mol. The van der Waals surface area contributed by atoms with Crippen LogP contribution in [0.2, 0.25) is 0 Å². The van der Waals surface area contributed by atoms with Crippen LogP contribution in [0.3, 0.4) is 0 Å². The van der Waals surface area contributed by atoms with E-state index in [0.717, 1.165) is 23.1 Å². The van der Waals surface area contributed by atoms with E-state index in [-0.39, 0.29) is 11.6 Å². The minimum Gasteiger partial charge on any atom is -0.377 e. The van der Waals surface area contributed by atoms with Crippen molar-refractivity contribution in [3.63, 3.8) is 0 Å². The normalized spacial score (nSPS) is 21.8. The Balaban J connectivity index is 1.86. The highest BCUT2D eigenvalue weighted by atomic mass is 19.1. The van der Waals surface area contributed by atoms with Crippen LogP contribution in [0.1, 0.15) is 61.9 Å². The number of primary amides is 1. The summed E-state index contributed by atoms with van der Waals surface area (Å²) >= 11 is 0. The summed E-state index contributed by atoms with van der Waals surface area (Å²) < 4.78 is 16.6. The van der Waals surface area contributed by atoms with E-state index >= 15 is 0 Å². The first-order chi connectivity index (χ1) is 13.8. The van der Waals surface area contributed by atoms with E-state index in [0.29, 0.717) is 24.4 Å². The second kappa shape index (κ2) is 7.17. The van der Waals surface area contributed by atoms with E-state index < -0.39 is 11.6 Å². The quantitative estimate of drug-likeness (QED) is 0.645. The average Bonchev–Trinajstić information content (AvgIpc) is 3.25. The minimum atomic E-state index is -1.32. The number of anilines is 1. The van der Waals surface area contributed by atoms with Gasteiger partial charge < -0.3 is 11.1 Å². The van der Waals surface area contributed by atoms with Crippen molar-refractivity contribution in [1.29, 1.82) is 0 Å². The lowest BCUT2D eigenvalue weighted by Gasteiger charge is -2.26. The first kappa shape index (κ1) is 19.4. The lowest BCUT2D eigenvalue weighted by Crippen LogP contribution is -2.36. The second-order valence-corrected chi connectivity index (χ2v) is 8.47. The molecule has 3 aromatic rings. The molecule has 0 aliphatic heterocycles. The number of nitrogens with zero attached hydrogens (tertiary/aromatic N) is 2. The molecular weight excluding hydrogens is 367 g/mol. The Morgan fingerprint density at radius 3 is 2.79 bits per heavy atom. The summed E-state index contributed by atoms with van der Waals surface area (Å²) in [5.74, 6) is -0.210. The average molecular weight is 394 g/mol. The van der Waals surface area contributed by atoms with Gasteiger partial charge in [-0.05, 0) is 49.3 Å². The number of fused-ring (bicyclic) bond motifs is 1. The number of nitrogens with two attached hydrogens (primary N) is 1. The molecule has 1 fully saturated rings. The number of aromatic nitrogens is 2. The van der Waals surface area contributed by atoms with Crippen molar-refractivity contribution in [2.24, 2.45) is 5.73 Å². The molecule has 2 atom stereocenters. The summed E-state index contributed by atoms with van der Waals surface area (Å²) in [5.41, 5.74) is 9.19. The highest BCUT2D eigenvalue weighted by Crippen LogP contribution is 2.38. The third-order valence-electron chi connectivity index (χ3n) is 6.00. The van der Waals surface area contributed by atoms with Crippen molar-refractivity contribution in [1.82, 2.24) is 9.61 Å². The summed E-state index contributed by atoms with van der Waals surface area (Å²) in [5, 5.41) is 7.67. The lowest BCUT2D eigenvalue weighted by molar-refractivity contribution is 0.1000. The van der Waals surface area contributed by atoms with Crippen LogP contribution in [0.4, 0.5) is 10.1 Å². The Bertz CT molecular complexity index is 1070. The first-order valence-electron chi connectivity index (χ1n) is 10.1. The van der Waals surface area contributed by atoms with E-state index in [1.165, 1.54) is 11.8 Å². The van der Waals surface area contributed by atoms with Crippen molar-refractivity contribution in [3.05, 3.63) is 53.9 Å². The van der Waals surface area contributed by atoms with Crippen LogP contribution in [0, 0.1) is 0 Å². The minimum absolute atomic E-state index is 0.280. The van der Waals surface area contributed by atoms with Gasteiger partial charge in [0.05, 0.1) is 29.0 Å². The van der Waals surface area contributed by atoms with Gasteiger partial charge in [0.25, 0.3) is 5.91 Å². The first-order valence-corrected chi connectivity index (χ1v) is 10.1. The van der Waals surface area contributed by atoms with Crippen molar-refractivity contribution in [2.45, 2.75) is 57.7 Å². The van der Waals surface area contributed by atoms with Gasteiger partial charge >= 0.3 is 0 Å². The zero-order chi connectivity index (χ0) is 20.8. The number of benzene rings is 1. The molecule has 152 valence electrons. The molecule has 4 rings (SSSR count). The Morgan fingerprint density at radius 1 is 1.38 bits per heavy atom. The Labute approximate surface area is 170 Å². The smallest absolute Gasteiger partial charge is 0.252 e. The summed E-state index contributed by atoms with van der Waals surface area (Å²) in [6, 6.07) is 9.88. The highest BCUT2D eigenvalue weighted by Gasteiger charge is 2.39. The Kier molecular flexibility index (Phi) is 4.81. The Morgan fingerprint density at radius 2 is 2.14 bits per heavy atom. The summed E-state index contributed by atoms with van der Waals surface area (Å²) in [7, 11) is 0. The van der Waals surface area contributed by atoms with E-state index in [2.05, 4.69) is 36.4 Å². The highest BCUT2D eigenvalue weighted by molar-refractivity contribution is 6.02. The second-order valence-electron chi connectivity index (χ2n) is 8.47. The molecule has 0 saturated heterocycles. The fraction of sp³-hybridized carbons (Fsp3) is 0.391. The zero-order valence-electron chi connectivity index (χ0n) is 17.1. The van der Waals surface area contributed by atoms with Gasteiger partial charge in [0.2, 0.25) is 0 Å². The van der Waals surface area contributed by atoms with Gasteiger partial charge in [-0.1, -0.05) is 38.1 Å². The van der Waals surface area contributed by atoms with Gasteiger partial charge in [0.1, 0.15) is 5.67 Å². The van der Waals surface area contributed by atoms with Crippen LogP contribution < -0.4 is 11.1 Å². The number of halogens is 1. The van der Waals surface area contributed by atoms with E-state index in [1.807, 2.05) is 24.4 Å². The standard InChI is InChI=1S/C23H27FN4O/c1-14(2)16-7-4-5-8-17(16)15-11-19-21(27-20-9-6-10-23(20,3)24)18(22(25)29)12-26-28(19)13-15/h4-5,7-8,11-14,20,27H,6,9-10H2,1-3H3,(H2,25,29)/t20-,23+/m1/s1. The number of nitrogens with one attached hydrogen (secondary N) is 1. The molecule has 1 aliphatic carbocycles. The molecule has 1 saturated carbocycles. The molecule has 2 heterocycles. The topological polar surface area (TPSA) is 72.4 Å². The molecule has 1 aromatic carbocycles. The molecule has 0 unspecified atom stereocenters. The largest absolute Gasteiger partial charge is 0.377 e. The molecule has 1 aliphatic rings. The maximum Gasteiger partial charge on any atom is 0.252 e. The fourth-order valence-electron chi connectivity index (χ4n) is 4.33. The molecule has 3 N–H and O–H groups in total. The van der Waals surface area contributed by atoms with Gasteiger partial charge in [-0.2, -0.15) is 5.10 Å². The molecule has 0 bridgehead atoms. The lowest BCUT2D eigenvalue weighted by atomic mass is 9.94. The van der Waals surface area contributed by atoms with E-state index in [4.69, 9.17) is 5.73 Å². The summed E-state index contributed by atoms with van der Waals surface area (Å²) in [6.45, 7) is 5.93. The van der Waals surface area contributed by atoms with Gasteiger partial charge in [-0.15, -0.1) is 0 Å². The van der Waals surface area contributed by atoms with Gasteiger partial charge in [-0.3, -0.25) is 4.79 Å². The van der Waals surface area contributed by atoms with Crippen molar-refractivity contribution in [2.75, 3.05) is 5.32 Å². The summed E-state index contributed by atoms with van der Waals surface area (Å²) in [4.78, 5) is 12.1. The van der Waals surface area contributed by atoms with Crippen LogP contribution >= 0.6 is 0 Å². The van der Waals surface area contributed by atoms with Gasteiger partial charge in [0.15, 0.2) is 0 Å². The number of hydrogen-bond donors (Lipinski definition) is 2. The van der Waals surface area contributed by atoms with Crippen LogP contribution in [-0.4, -0.2) is 27.2 Å². The summed E-state index contributed by atoms with van der Waals surface area (Å²) in [6.07, 6.45) is 5.43. The van der Waals surface area contributed by atoms with E-state index in [1.54, 1.807) is 11.4 Å². The van der Waals surface area contributed by atoms with Crippen molar-refractivity contribution < 1.29 is 9.18 Å². The van der Waals surface area contributed by atoms with Crippen molar-refractivity contribution in [3.8, 4) is 11.1 Å². The van der Waals surface area contributed by atoms with Crippen LogP contribution in [-0.2, 0) is 0 Å². The maximum atomic E-state index is 14.9. The molecule has 1 amide bonds. The molecule has 5 nitrogen and oxygen atoms in total. The van der Waals surface area contributed by atoms with Gasteiger partial charge in [-0.25, -0.2) is 8.91 Å². The molecule has 0 spiro atoms. The zero-order valence-corrected chi connectivity index (χ0v) is 17.1. The number of rotatable bonds is 5. The fourth-order valence-corrected chi connectivity index (χ4v) is 4.33. The number of hydrogen-bond acceptors (Lipinski definition) is 3. The number of amides is 1. The molecular formula is C23H27FN4O. The van der Waals surface area contributed by atoms with E-state index in [9.17, 15) is 9.18 Å². The molecule has 29 heavy (non-hydrogen) atoms. The number of carbonyl (C=O) groups is 1. The SMILES string of the molecule is CC(C)c1ccccc1-c1cc2c(N[C@@H]3CCC[C@]3(C)F)c(C(N)=O)cnn2c1. The maximum absolute atomic E-state index is 14.9. The van der Waals surface area contributed by atoms with Crippen molar-refractivity contribution >= 4 is 17.1 Å².